The van der Waals surface area contributed by atoms with Gasteiger partial charge in [0.2, 0.25) is 0 Å². The first kappa shape index (κ1) is 19.4. The van der Waals surface area contributed by atoms with Crippen molar-refractivity contribution in [3.63, 3.8) is 0 Å². The first-order chi connectivity index (χ1) is 13.0. The summed E-state index contributed by atoms with van der Waals surface area (Å²) in [5, 5.41) is 26.2. The molecule has 2 rings (SSSR count). The van der Waals surface area contributed by atoms with Crippen LogP contribution in [0.1, 0.15) is 18.1 Å². The number of nitriles is 2. The van der Waals surface area contributed by atoms with Crippen LogP contribution in [-0.4, -0.2) is 19.2 Å². The molecule has 7 nitrogen and oxygen atoms in total. The zero-order chi connectivity index (χ0) is 19.6. The molecule has 0 aromatic heterocycles. The van der Waals surface area contributed by atoms with Crippen LogP contribution < -0.4 is 4.74 Å². The van der Waals surface area contributed by atoms with Crippen LogP contribution in [0.5, 0.6) is 5.75 Å². The Labute approximate surface area is 156 Å². The maximum Gasteiger partial charge on any atom is 0.333 e. The van der Waals surface area contributed by atoms with Crippen molar-refractivity contribution in [1.29, 1.82) is 10.5 Å². The highest BCUT2D eigenvalue weighted by Gasteiger charge is 2.07. The summed E-state index contributed by atoms with van der Waals surface area (Å²) in [5.74, 6) is -0.126. The van der Waals surface area contributed by atoms with E-state index in [2.05, 4.69) is 16.8 Å². The molecule has 2 aromatic rings. The van der Waals surface area contributed by atoms with Gasteiger partial charge in [-0.3, -0.25) is 0 Å². The Morgan fingerprint density at radius 1 is 1.04 bits per heavy atom. The van der Waals surface area contributed by atoms with E-state index in [9.17, 15) is 10.1 Å². The standard InChI is InChI=1S/C20H16N4O3/c1-14(2)20(25)27-10-9-26-19-8-7-18(11-16(19)13-22)24-23-17-5-3-15(12-21)4-6-17/h3-8,11H,1,9-10H2,2H3. The molecule has 0 spiro atoms. The Morgan fingerprint density at radius 3 is 2.33 bits per heavy atom. The van der Waals surface area contributed by atoms with E-state index in [-0.39, 0.29) is 18.8 Å². The highest BCUT2D eigenvalue weighted by molar-refractivity contribution is 5.86. The van der Waals surface area contributed by atoms with E-state index in [0.717, 1.165) is 0 Å². The molecule has 0 unspecified atom stereocenters. The quantitative estimate of drug-likeness (QED) is 0.316. The summed E-state index contributed by atoms with van der Waals surface area (Å²) >= 11 is 0. The first-order valence-electron chi connectivity index (χ1n) is 7.95. The summed E-state index contributed by atoms with van der Waals surface area (Å²) in [6.07, 6.45) is 0. The van der Waals surface area contributed by atoms with E-state index in [1.807, 2.05) is 12.1 Å². The lowest BCUT2D eigenvalue weighted by Gasteiger charge is -2.08. The Kier molecular flexibility index (Phi) is 6.81. The second-order valence-electron chi connectivity index (χ2n) is 5.42. The topological polar surface area (TPSA) is 108 Å². The molecule has 7 heteroatoms. The Bertz CT molecular complexity index is 951. The van der Waals surface area contributed by atoms with Gasteiger partial charge in [0.15, 0.2) is 0 Å². The molecule has 0 atom stereocenters. The fourth-order valence-corrected chi connectivity index (χ4v) is 1.92. The molecule has 0 aliphatic heterocycles. The molecule has 0 N–H and O–H groups in total. The fourth-order valence-electron chi connectivity index (χ4n) is 1.92. The summed E-state index contributed by atoms with van der Waals surface area (Å²) in [7, 11) is 0. The van der Waals surface area contributed by atoms with Crippen molar-refractivity contribution >= 4 is 17.3 Å². The lowest BCUT2D eigenvalue weighted by Crippen LogP contribution is -2.12. The van der Waals surface area contributed by atoms with Crippen LogP contribution >= 0.6 is 0 Å². The minimum absolute atomic E-state index is 0.0523. The lowest BCUT2D eigenvalue weighted by atomic mass is 10.2. The van der Waals surface area contributed by atoms with E-state index in [0.29, 0.717) is 28.3 Å². The molecule has 0 bridgehead atoms. The average Bonchev–Trinajstić information content (AvgIpc) is 2.70. The number of nitrogens with zero attached hydrogens (tertiary/aromatic N) is 4. The molecule has 0 aliphatic carbocycles. The third kappa shape index (κ3) is 5.80. The van der Waals surface area contributed by atoms with Gasteiger partial charge < -0.3 is 9.47 Å². The molecule has 0 fully saturated rings. The van der Waals surface area contributed by atoms with Crippen LogP contribution in [0.4, 0.5) is 11.4 Å². The number of carbonyl (C=O) groups is 1. The fraction of sp³-hybridized carbons (Fsp3) is 0.150. The Balaban J connectivity index is 1.99. The largest absolute Gasteiger partial charge is 0.489 e. The lowest BCUT2D eigenvalue weighted by molar-refractivity contribution is -0.139. The normalized spacial score (nSPS) is 10.0. The van der Waals surface area contributed by atoms with Gasteiger partial charge in [0.05, 0.1) is 28.6 Å². The second-order valence-corrected chi connectivity index (χ2v) is 5.42. The monoisotopic (exact) mass is 360 g/mol. The zero-order valence-electron chi connectivity index (χ0n) is 14.7. The number of esters is 1. The van der Waals surface area contributed by atoms with Crippen molar-refractivity contribution in [2.45, 2.75) is 6.92 Å². The van der Waals surface area contributed by atoms with Gasteiger partial charge in [-0.2, -0.15) is 20.8 Å². The number of benzene rings is 2. The van der Waals surface area contributed by atoms with Crippen LogP contribution in [0.15, 0.2) is 64.8 Å². The minimum Gasteiger partial charge on any atom is -0.489 e. The van der Waals surface area contributed by atoms with Crippen LogP contribution in [0.2, 0.25) is 0 Å². The molecular weight excluding hydrogens is 344 g/mol. The predicted octanol–water partition coefficient (Wildman–Crippen LogP) is 4.34. The number of rotatable bonds is 7. The van der Waals surface area contributed by atoms with Gasteiger partial charge >= 0.3 is 5.97 Å². The van der Waals surface area contributed by atoms with Gasteiger partial charge in [-0.15, -0.1) is 0 Å². The Hall–Kier alpha value is -3.97. The number of hydrogen-bond donors (Lipinski definition) is 0. The van der Waals surface area contributed by atoms with Gasteiger partial charge in [0, 0.05) is 5.57 Å². The third-order valence-electron chi connectivity index (χ3n) is 3.28. The van der Waals surface area contributed by atoms with Crippen LogP contribution in [0.25, 0.3) is 0 Å². The van der Waals surface area contributed by atoms with Crippen LogP contribution in [-0.2, 0) is 9.53 Å². The van der Waals surface area contributed by atoms with Gasteiger partial charge in [-0.25, -0.2) is 4.79 Å². The smallest absolute Gasteiger partial charge is 0.333 e. The summed E-state index contributed by atoms with van der Waals surface area (Å²) < 4.78 is 10.4. The molecular formula is C20H16N4O3. The number of azo groups is 1. The first-order valence-corrected chi connectivity index (χ1v) is 7.95. The Morgan fingerprint density at radius 2 is 1.70 bits per heavy atom. The zero-order valence-corrected chi connectivity index (χ0v) is 14.7. The maximum absolute atomic E-state index is 11.3. The number of ether oxygens (including phenoxy) is 2. The number of hydrogen-bond acceptors (Lipinski definition) is 7. The van der Waals surface area contributed by atoms with E-state index in [1.54, 1.807) is 49.4 Å². The van der Waals surface area contributed by atoms with Crippen molar-refractivity contribution in [3.8, 4) is 17.9 Å². The van der Waals surface area contributed by atoms with E-state index in [4.69, 9.17) is 14.7 Å². The summed E-state index contributed by atoms with van der Waals surface area (Å²) in [6, 6.07) is 15.5. The molecule has 2 aromatic carbocycles. The van der Waals surface area contributed by atoms with Crippen LogP contribution in [0.3, 0.4) is 0 Å². The van der Waals surface area contributed by atoms with Crippen LogP contribution in [0, 0.1) is 22.7 Å². The van der Waals surface area contributed by atoms with Crippen molar-refractivity contribution in [2.75, 3.05) is 13.2 Å². The molecule has 0 aliphatic rings. The van der Waals surface area contributed by atoms with Gasteiger partial charge in [-0.05, 0) is 49.4 Å². The van der Waals surface area contributed by atoms with Crippen molar-refractivity contribution in [2.24, 2.45) is 10.2 Å². The van der Waals surface area contributed by atoms with Gasteiger partial charge in [0.25, 0.3) is 0 Å². The SMILES string of the molecule is C=C(C)C(=O)OCCOc1ccc(N=Nc2ccc(C#N)cc2)cc1C#N. The van der Waals surface area contributed by atoms with Crippen molar-refractivity contribution in [3.05, 3.63) is 65.7 Å². The van der Waals surface area contributed by atoms with Crippen molar-refractivity contribution in [1.82, 2.24) is 0 Å². The third-order valence-corrected chi connectivity index (χ3v) is 3.28. The maximum atomic E-state index is 11.3. The second kappa shape index (κ2) is 9.50. The molecule has 0 amide bonds. The minimum atomic E-state index is -0.488. The predicted molar refractivity (Wildman–Crippen MR) is 97.8 cm³/mol. The molecule has 0 saturated heterocycles. The summed E-state index contributed by atoms with van der Waals surface area (Å²) in [5.41, 5.74) is 2.21. The average molecular weight is 360 g/mol. The highest BCUT2D eigenvalue weighted by Crippen LogP contribution is 2.25. The number of carbonyl (C=O) groups excluding carboxylic acids is 1. The van der Waals surface area contributed by atoms with Crippen molar-refractivity contribution < 1.29 is 14.3 Å². The van der Waals surface area contributed by atoms with Gasteiger partial charge in [-0.1, -0.05) is 6.58 Å². The highest BCUT2D eigenvalue weighted by atomic mass is 16.6. The van der Waals surface area contributed by atoms with Gasteiger partial charge in [0.1, 0.15) is 25.0 Å². The van der Waals surface area contributed by atoms with E-state index >= 15 is 0 Å². The summed E-state index contributed by atoms with van der Waals surface area (Å²) in [6.45, 7) is 5.21. The molecule has 0 saturated carbocycles. The molecule has 27 heavy (non-hydrogen) atoms. The molecule has 0 heterocycles. The summed E-state index contributed by atoms with van der Waals surface area (Å²) in [4.78, 5) is 11.3. The molecule has 134 valence electrons. The van der Waals surface area contributed by atoms with E-state index in [1.165, 1.54) is 0 Å². The van der Waals surface area contributed by atoms with E-state index < -0.39 is 5.97 Å². The molecule has 0 radical (unpaired) electrons.